The Morgan fingerprint density at radius 2 is 2.06 bits per heavy atom. The molecule has 4 atom stereocenters. The van der Waals surface area contributed by atoms with E-state index < -0.39 is 0 Å². The van der Waals surface area contributed by atoms with E-state index in [0.717, 1.165) is 18.5 Å². The van der Waals surface area contributed by atoms with Crippen LogP contribution in [0, 0.1) is 30.1 Å². The number of halogens is 1. The first-order chi connectivity index (χ1) is 16.1. The van der Waals surface area contributed by atoms with Crippen molar-refractivity contribution in [3.8, 4) is 0 Å². The summed E-state index contributed by atoms with van der Waals surface area (Å²) >= 11 is 6.55. The average molecular weight is 490 g/mol. The second-order valence-electron chi connectivity index (χ2n) is 11.3. The van der Waals surface area contributed by atoms with E-state index >= 15 is 0 Å². The van der Waals surface area contributed by atoms with Gasteiger partial charge in [-0.2, -0.15) is 4.99 Å². The van der Waals surface area contributed by atoms with Crippen LogP contribution in [-0.4, -0.2) is 36.2 Å². The van der Waals surface area contributed by atoms with Crippen molar-refractivity contribution in [2.75, 3.05) is 18.5 Å². The Bertz CT molecular complexity index is 858. The van der Waals surface area contributed by atoms with E-state index in [-0.39, 0.29) is 23.5 Å². The van der Waals surface area contributed by atoms with Gasteiger partial charge < -0.3 is 14.8 Å². The second kappa shape index (κ2) is 11.9. The number of aryl methyl sites for hydroxylation is 1. The second-order valence-corrected chi connectivity index (χ2v) is 11.7. The van der Waals surface area contributed by atoms with Gasteiger partial charge in [0.2, 0.25) is 0 Å². The monoisotopic (exact) mass is 489 g/mol. The van der Waals surface area contributed by atoms with Crippen LogP contribution in [0.2, 0.25) is 5.02 Å². The summed E-state index contributed by atoms with van der Waals surface area (Å²) < 4.78 is 12.7. The smallest absolute Gasteiger partial charge is 0.195 e. The third kappa shape index (κ3) is 6.97. The molecule has 1 saturated carbocycles. The number of nitrogens with one attached hydrogen (secondary N) is 1. The van der Waals surface area contributed by atoms with E-state index in [2.05, 4.69) is 46.5 Å². The van der Waals surface area contributed by atoms with Gasteiger partial charge in [0, 0.05) is 17.9 Å². The first kappa shape index (κ1) is 27.0. The SMILES string of the molecule is C=CCC(C)[C@H]1OCC(OC(=Nc2nc(NCC3CCCCC3)c(Cl)cc2C)C(C)(C)C)[C@H]1C. The van der Waals surface area contributed by atoms with E-state index in [9.17, 15) is 0 Å². The van der Waals surface area contributed by atoms with Crippen molar-refractivity contribution >= 4 is 29.1 Å². The van der Waals surface area contributed by atoms with Gasteiger partial charge in [0.05, 0.1) is 17.7 Å². The molecule has 190 valence electrons. The standard InChI is InChI=1S/C28H44ClN3O2/c1-8-12-18(2)24-20(4)23(17-33-24)34-27(28(5,6)7)32-25-19(3)15-22(29)26(31-25)30-16-21-13-10-9-11-14-21/h8,15,18,20-21,23-24H,1,9-14,16-17H2,2-7H3,(H,30,31)/t18?,20-,23?,24-/m1/s1. The predicted octanol–water partition coefficient (Wildman–Crippen LogP) is 7.74. The summed E-state index contributed by atoms with van der Waals surface area (Å²) in [6, 6.07) is 1.95. The van der Waals surface area contributed by atoms with Gasteiger partial charge in [-0.3, -0.25) is 0 Å². The Labute approximate surface area is 211 Å². The number of hydrogen-bond donors (Lipinski definition) is 1. The number of ether oxygens (including phenoxy) is 2. The molecule has 3 rings (SSSR count). The minimum atomic E-state index is -0.270. The van der Waals surface area contributed by atoms with Crippen molar-refractivity contribution < 1.29 is 9.47 Å². The summed E-state index contributed by atoms with van der Waals surface area (Å²) in [6.07, 6.45) is 9.57. The minimum Gasteiger partial charge on any atom is -0.474 e. The molecule has 0 aromatic carbocycles. The number of hydrogen-bond acceptors (Lipinski definition) is 5. The van der Waals surface area contributed by atoms with Crippen LogP contribution in [-0.2, 0) is 9.47 Å². The molecule has 2 unspecified atom stereocenters. The van der Waals surface area contributed by atoms with Gasteiger partial charge in [0.15, 0.2) is 11.7 Å². The molecule has 2 heterocycles. The van der Waals surface area contributed by atoms with E-state index in [0.29, 0.717) is 41.0 Å². The zero-order chi connectivity index (χ0) is 24.9. The van der Waals surface area contributed by atoms with E-state index in [4.69, 9.17) is 31.1 Å². The highest BCUT2D eigenvalue weighted by molar-refractivity contribution is 6.33. The van der Waals surface area contributed by atoms with Crippen molar-refractivity contribution in [2.24, 2.45) is 28.2 Å². The zero-order valence-corrected chi connectivity index (χ0v) is 22.8. The Morgan fingerprint density at radius 3 is 2.71 bits per heavy atom. The fourth-order valence-corrected chi connectivity index (χ4v) is 5.26. The number of aromatic nitrogens is 1. The van der Waals surface area contributed by atoms with Gasteiger partial charge in [-0.15, -0.1) is 6.58 Å². The lowest BCUT2D eigenvalue weighted by atomic mass is 9.89. The maximum atomic E-state index is 6.55. The molecule has 1 aromatic rings. The highest BCUT2D eigenvalue weighted by Gasteiger charge is 2.40. The Morgan fingerprint density at radius 1 is 1.35 bits per heavy atom. The molecule has 1 saturated heterocycles. The Hall–Kier alpha value is -1.59. The van der Waals surface area contributed by atoms with Gasteiger partial charge >= 0.3 is 0 Å². The topological polar surface area (TPSA) is 55.7 Å². The number of rotatable bonds is 8. The van der Waals surface area contributed by atoms with Gasteiger partial charge in [0.1, 0.15) is 11.9 Å². The summed E-state index contributed by atoms with van der Waals surface area (Å²) in [6.45, 7) is 18.1. The van der Waals surface area contributed by atoms with Gasteiger partial charge in [-0.25, -0.2) is 4.98 Å². The molecule has 0 bridgehead atoms. The normalized spacial score (nSPS) is 25.3. The lowest BCUT2D eigenvalue weighted by Gasteiger charge is -2.28. The molecule has 0 radical (unpaired) electrons. The quantitative estimate of drug-likeness (QED) is 0.230. The predicted molar refractivity (Wildman–Crippen MR) is 143 cm³/mol. The van der Waals surface area contributed by atoms with Crippen LogP contribution < -0.4 is 5.32 Å². The Balaban J connectivity index is 1.78. The van der Waals surface area contributed by atoms with Crippen LogP contribution in [0.15, 0.2) is 23.7 Å². The van der Waals surface area contributed by atoms with Gasteiger partial charge in [-0.05, 0) is 49.7 Å². The number of allylic oxidation sites excluding steroid dienone is 1. The van der Waals surface area contributed by atoms with Gasteiger partial charge in [-0.1, -0.05) is 71.6 Å². The van der Waals surface area contributed by atoms with Crippen LogP contribution in [0.3, 0.4) is 0 Å². The minimum absolute atomic E-state index is 0.0354. The maximum Gasteiger partial charge on any atom is 0.195 e. The number of nitrogens with zero attached hydrogens (tertiary/aromatic N) is 2. The Kier molecular flexibility index (Phi) is 9.45. The van der Waals surface area contributed by atoms with Crippen molar-refractivity contribution in [1.29, 1.82) is 0 Å². The van der Waals surface area contributed by atoms with Crippen LogP contribution in [0.4, 0.5) is 11.6 Å². The molecule has 2 fully saturated rings. The summed E-state index contributed by atoms with van der Waals surface area (Å²) in [4.78, 5) is 9.76. The fourth-order valence-electron chi connectivity index (χ4n) is 4.99. The zero-order valence-electron chi connectivity index (χ0n) is 22.0. The van der Waals surface area contributed by atoms with Crippen molar-refractivity contribution in [3.63, 3.8) is 0 Å². The van der Waals surface area contributed by atoms with Crippen LogP contribution in [0.25, 0.3) is 0 Å². The van der Waals surface area contributed by atoms with Crippen molar-refractivity contribution in [1.82, 2.24) is 4.98 Å². The number of pyridine rings is 1. The van der Waals surface area contributed by atoms with Crippen LogP contribution in [0.5, 0.6) is 0 Å². The van der Waals surface area contributed by atoms with Crippen LogP contribution in [0.1, 0.15) is 78.7 Å². The largest absolute Gasteiger partial charge is 0.474 e. The molecule has 5 nitrogen and oxygen atoms in total. The molecule has 1 aliphatic heterocycles. The molecule has 1 aliphatic carbocycles. The number of aliphatic imine (C=N–C) groups is 1. The molecule has 1 N–H and O–H groups in total. The molecule has 0 amide bonds. The molecule has 0 spiro atoms. The number of anilines is 1. The summed E-state index contributed by atoms with van der Waals surface area (Å²) in [7, 11) is 0. The molecule has 1 aromatic heterocycles. The first-order valence-corrected chi connectivity index (χ1v) is 13.4. The third-order valence-corrected chi connectivity index (χ3v) is 7.48. The molecular weight excluding hydrogens is 446 g/mol. The lowest BCUT2D eigenvalue weighted by molar-refractivity contribution is 0.0510. The highest BCUT2D eigenvalue weighted by atomic mass is 35.5. The van der Waals surface area contributed by atoms with Crippen molar-refractivity contribution in [2.45, 2.75) is 92.3 Å². The average Bonchev–Trinajstić information content (AvgIpc) is 3.14. The lowest BCUT2D eigenvalue weighted by Crippen LogP contribution is -2.34. The molecule has 6 heteroatoms. The highest BCUT2D eigenvalue weighted by Crippen LogP contribution is 2.34. The van der Waals surface area contributed by atoms with Crippen LogP contribution >= 0.6 is 11.6 Å². The van der Waals surface area contributed by atoms with E-state index in [1.807, 2.05) is 19.1 Å². The molecular formula is C28H44ClN3O2. The molecule has 34 heavy (non-hydrogen) atoms. The van der Waals surface area contributed by atoms with Gasteiger partial charge in [0.25, 0.3) is 0 Å². The molecule has 2 aliphatic rings. The summed E-state index contributed by atoms with van der Waals surface area (Å²) in [5.74, 6) is 3.42. The van der Waals surface area contributed by atoms with Crippen molar-refractivity contribution in [3.05, 3.63) is 29.3 Å². The summed E-state index contributed by atoms with van der Waals surface area (Å²) in [5, 5.41) is 4.13. The first-order valence-electron chi connectivity index (χ1n) is 13.0. The fraction of sp³-hybridized carbons (Fsp3) is 0.714. The van der Waals surface area contributed by atoms with E-state index in [1.165, 1.54) is 32.1 Å². The maximum absolute atomic E-state index is 6.55. The summed E-state index contributed by atoms with van der Waals surface area (Å²) in [5.41, 5.74) is 0.667. The van der Waals surface area contributed by atoms with E-state index in [1.54, 1.807) is 0 Å². The third-order valence-electron chi connectivity index (χ3n) is 7.19.